The largest absolute Gasteiger partial charge is 0.475 e. The second kappa shape index (κ2) is 9.07. The Hall–Kier alpha value is -3.22. The lowest BCUT2D eigenvalue weighted by Gasteiger charge is -2.33. The van der Waals surface area contributed by atoms with Crippen LogP contribution in [0.4, 0.5) is 10.2 Å². The van der Waals surface area contributed by atoms with E-state index in [0.29, 0.717) is 31.4 Å². The van der Waals surface area contributed by atoms with E-state index in [1.807, 2.05) is 31.2 Å². The van der Waals surface area contributed by atoms with E-state index in [4.69, 9.17) is 9.72 Å². The molecule has 1 aromatic heterocycles. The number of carbonyl (C=O) groups excluding carboxylic acids is 1. The standard InChI is InChI=1S/C23H25FN4O2/c1-2-30-23-21(26-19-7-3-4-8-20(19)27-23)28-13-5-6-17(15-28)22(29)25-14-16-9-11-18(24)12-10-16/h3-4,7-12,17H,2,5-6,13-15H2,1H3,(H,25,29). The van der Waals surface area contributed by atoms with Gasteiger partial charge in [0.15, 0.2) is 5.82 Å². The van der Waals surface area contributed by atoms with E-state index >= 15 is 0 Å². The molecule has 1 fully saturated rings. The molecule has 1 unspecified atom stereocenters. The van der Waals surface area contributed by atoms with Crippen LogP contribution in [0.2, 0.25) is 0 Å². The first-order chi connectivity index (χ1) is 14.6. The number of para-hydroxylation sites is 2. The van der Waals surface area contributed by atoms with Crippen molar-refractivity contribution in [3.05, 3.63) is 59.9 Å². The molecule has 1 aliphatic heterocycles. The number of anilines is 1. The summed E-state index contributed by atoms with van der Waals surface area (Å²) < 4.78 is 18.8. The summed E-state index contributed by atoms with van der Waals surface area (Å²) in [6.07, 6.45) is 1.70. The molecule has 3 aromatic rings. The van der Waals surface area contributed by atoms with Crippen molar-refractivity contribution < 1.29 is 13.9 Å². The van der Waals surface area contributed by atoms with E-state index in [-0.39, 0.29) is 17.6 Å². The number of halogens is 1. The number of ether oxygens (including phenoxy) is 1. The average molecular weight is 408 g/mol. The molecule has 1 N–H and O–H groups in total. The molecule has 1 aliphatic rings. The predicted octanol–water partition coefficient (Wildman–Crippen LogP) is 3.70. The van der Waals surface area contributed by atoms with Gasteiger partial charge in [-0.3, -0.25) is 4.79 Å². The molecular formula is C23H25FN4O2. The van der Waals surface area contributed by atoms with E-state index in [9.17, 15) is 9.18 Å². The normalized spacial score (nSPS) is 16.5. The first-order valence-corrected chi connectivity index (χ1v) is 10.3. The van der Waals surface area contributed by atoms with Crippen LogP contribution in [0, 0.1) is 11.7 Å². The second-order valence-corrected chi connectivity index (χ2v) is 7.40. The van der Waals surface area contributed by atoms with Gasteiger partial charge in [-0.25, -0.2) is 14.4 Å². The van der Waals surface area contributed by atoms with Gasteiger partial charge in [0, 0.05) is 19.6 Å². The maximum Gasteiger partial charge on any atom is 0.258 e. The zero-order valence-electron chi connectivity index (χ0n) is 17.0. The Bertz CT molecular complexity index is 1030. The van der Waals surface area contributed by atoms with Crippen molar-refractivity contribution in [3.8, 4) is 5.88 Å². The molecule has 1 amide bonds. The summed E-state index contributed by atoms with van der Waals surface area (Å²) in [5.41, 5.74) is 2.46. The minimum absolute atomic E-state index is 0.00395. The molecule has 6 nitrogen and oxygen atoms in total. The maximum absolute atomic E-state index is 13.1. The van der Waals surface area contributed by atoms with Crippen LogP contribution in [0.5, 0.6) is 5.88 Å². The summed E-state index contributed by atoms with van der Waals surface area (Å²) in [4.78, 5) is 24.3. The van der Waals surface area contributed by atoms with Crippen molar-refractivity contribution in [2.75, 3.05) is 24.6 Å². The molecular weight excluding hydrogens is 383 g/mol. The Labute approximate surface area is 175 Å². The van der Waals surface area contributed by atoms with Crippen molar-refractivity contribution in [2.45, 2.75) is 26.3 Å². The molecule has 156 valence electrons. The van der Waals surface area contributed by atoms with Crippen molar-refractivity contribution in [1.82, 2.24) is 15.3 Å². The topological polar surface area (TPSA) is 67.4 Å². The van der Waals surface area contributed by atoms with Gasteiger partial charge in [-0.1, -0.05) is 24.3 Å². The van der Waals surface area contributed by atoms with Gasteiger partial charge in [-0.2, -0.15) is 0 Å². The van der Waals surface area contributed by atoms with Crippen LogP contribution in [0.25, 0.3) is 11.0 Å². The Morgan fingerprint density at radius 1 is 1.17 bits per heavy atom. The number of amides is 1. The Morgan fingerprint density at radius 3 is 2.63 bits per heavy atom. The van der Waals surface area contributed by atoms with E-state index < -0.39 is 0 Å². The van der Waals surface area contributed by atoms with Crippen LogP contribution < -0.4 is 15.0 Å². The molecule has 4 rings (SSSR count). The summed E-state index contributed by atoms with van der Waals surface area (Å²) in [6.45, 7) is 4.16. The Balaban J connectivity index is 1.48. The fourth-order valence-corrected chi connectivity index (χ4v) is 3.73. The third kappa shape index (κ3) is 4.50. The van der Waals surface area contributed by atoms with Crippen LogP contribution in [0.3, 0.4) is 0 Å². The van der Waals surface area contributed by atoms with Gasteiger partial charge in [-0.05, 0) is 49.6 Å². The van der Waals surface area contributed by atoms with Gasteiger partial charge in [0.2, 0.25) is 5.91 Å². The summed E-state index contributed by atoms with van der Waals surface area (Å²) in [7, 11) is 0. The summed E-state index contributed by atoms with van der Waals surface area (Å²) in [5, 5.41) is 2.97. The second-order valence-electron chi connectivity index (χ2n) is 7.40. The summed E-state index contributed by atoms with van der Waals surface area (Å²) >= 11 is 0. The van der Waals surface area contributed by atoms with Gasteiger partial charge in [0.1, 0.15) is 5.82 Å². The number of nitrogens with one attached hydrogen (secondary N) is 1. The van der Waals surface area contributed by atoms with Crippen LogP contribution >= 0.6 is 0 Å². The van der Waals surface area contributed by atoms with Crippen molar-refractivity contribution in [2.24, 2.45) is 5.92 Å². The van der Waals surface area contributed by atoms with Crippen molar-refractivity contribution in [1.29, 1.82) is 0 Å². The number of fused-ring (bicyclic) bond motifs is 1. The molecule has 1 atom stereocenters. The lowest BCUT2D eigenvalue weighted by Crippen LogP contribution is -2.43. The maximum atomic E-state index is 13.1. The molecule has 0 radical (unpaired) electrons. The van der Waals surface area contributed by atoms with Gasteiger partial charge in [-0.15, -0.1) is 0 Å². The zero-order valence-corrected chi connectivity index (χ0v) is 17.0. The fourth-order valence-electron chi connectivity index (χ4n) is 3.73. The molecule has 0 saturated carbocycles. The van der Waals surface area contributed by atoms with Crippen LogP contribution in [0.1, 0.15) is 25.3 Å². The smallest absolute Gasteiger partial charge is 0.258 e. The minimum Gasteiger partial charge on any atom is -0.475 e. The predicted molar refractivity (Wildman–Crippen MR) is 114 cm³/mol. The quantitative estimate of drug-likeness (QED) is 0.674. The highest BCUT2D eigenvalue weighted by Gasteiger charge is 2.28. The molecule has 1 saturated heterocycles. The summed E-state index contributed by atoms with van der Waals surface area (Å²) in [5.74, 6) is 0.752. The number of hydrogen-bond acceptors (Lipinski definition) is 5. The highest BCUT2D eigenvalue weighted by Crippen LogP contribution is 2.30. The average Bonchev–Trinajstić information content (AvgIpc) is 2.78. The third-order valence-corrected chi connectivity index (χ3v) is 5.27. The van der Waals surface area contributed by atoms with Gasteiger partial charge >= 0.3 is 0 Å². The molecule has 30 heavy (non-hydrogen) atoms. The molecule has 2 heterocycles. The van der Waals surface area contributed by atoms with Crippen LogP contribution in [-0.4, -0.2) is 35.6 Å². The number of piperidine rings is 1. The molecule has 0 bridgehead atoms. The van der Waals surface area contributed by atoms with E-state index in [0.717, 1.165) is 36.0 Å². The van der Waals surface area contributed by atoms with Crippen molar-refractivity contribution >= 4 is 22.8 Å². The van der Waals surface area contributed by atoms with Gasteiger partial charge in [0.05, 0.1) is 23.6 Å². The number of benzene rings is 2. The van der Waals surface area contributed by atoms with E-state index in [2.05, 4.69) is 15.2 Å². The SMILES string of the molecule is CCOc1nc2ccccc2nc1N1CCCC(C(=O)NCc2ccc(F)cc2)C1. The first kappa shape index (κ1) is 20.1. The lowest BCUT2D eigenvalue weighted by molar-refractivity contribution is -0.125. The third-order valence-electron chi connectivity index (χ3n) is 5.27. The minimum atomic E-state index is -0.283. The van der Waals surface area contributed by atoms with Gasteiger partial charge in [0.25, 0.3) is 5.88 Å². The van der Waals surface area contributed by atoms with Crippen LogP contribution in [0.15, 0.2) is 48.5 Å². The zero-order chi connectivity index (χ0) is 20.9. The van der Waals surface area contributed by atoms with Gasteiger partial charge < -0.3 is 15.0 Å². The molecule has 2 aromatic carbocycles. The number of aromatic nitrogens is 2. The molecule has 0 spiro atoms. The number of rotatable bonds is 6. The van der Waals surface area contributed by atoms with Crippen LogP contribution in [-0.2, 0) is 11.3 Å². The van der Waals surface area contributed by atoms with E-state index in [1.165, 1.54) is 12.1 Å². The molecule has 7 heteroatoms. The lowest BCUT2D eigenvalue weighted by atomic mass is 9.97. The first-order valence-electron chi connectivity index (χ1n) is 10.3. The van der Waals surface area contributed by atoms with Crippen molar-refractivity contribution in [3.63, 3.8) is 0 Å². The highest BCUT2D eigenvalue weighted by atomic mass is 19.1. The summed E-state index contributed by atoms with van der Waals surface area (Å²) in [6, 6.07) is 13.9. The Morgan fingerprint density at radius 2 is 1.90 bits per heavy atom. The van der Waals surface area contributed by atoms with E-state index in [1.54, 1.807) is 12.1 Å². The molecule has 0 aliphatic carbocycles. The number of hydrogen-bond donors (Lipinski definition) is 1. The Kier molecular flexibility index (Phi) is 6.07. The number of nitrogens with zero attached hydrogens (tertiary/aromatic N) is 3. The number of carbonyl (C=O) groups is 1. The fraction of sp³-hybridized carbons (Fsp3) is 0.348. The highest BCUT2D eigenvalue weighted by molar-refractivity contribution is 5.80. The monoisotopic (exact) mass is 408 g/mol.